The molecule has 3 rings (SSSR count). The van der Waals surface area contributed by atoms with E-state index in [2.05, 4.69) is 10.4 Å². The number of amides is 1. The summed E-state index contributed by atoms with van der Waals surface area (Å²) in [5.74, 6) is -0.00673. The Bertz CT molecular complexity index is 860. The van der Waals surface area contributed by atoms with Gasteiger partial charge in [-0.2, -0.15) is 5.10 Å². The van der Waals surface area contributed by atoms with Gasteiger partial charge in [-0.15, -0.1) is 0 Å². The zero-order chi connectivity index (χ0) is 16.9. The first kappa shape index (κ1) is 16.8. The van der Waals surface area contributed by atoms with Crippen molar-refractivity contribution in [3.05, 3.63) is 64.3 Å². The molecular formula is C18H17Cl2N3O. The number of aromatic nitrogens is 2. The molecule has 3 aromatic rings. The first-order chi connectivity index (χ1) is 11.6. The van der Waals surface area contributed by atoms with Crippen LogP contribution in [0.2, 0.25) is 10.0 Å². The molecule has 1 heterocycles. The number of aryl methyl sites for hydroxylation is 1. The number of rotatable bonds is 6. The van der Waals surface area contributed by atoms with Gasteiger partial charge in [-0.25, -0.2) is 0 Å². The third kappa shape index (κ3) is 3.89. The maximum absolute atomic E-state index is 12.0. The Morgan fingerprint density at radius 1 is 1.08 bits per heavy atom. The molecule has 2 aromatic carbocycles. The zero-order valence-electron chi connectivity index (χ0n) is 13.0. The monoisotopic (exact) mass is 361 g/mol. The fourth-order valence-electron chi connectivity index (χ4n) is 2.58. The third-order valence-corrected chi connectivity index (χ3v) is 4.56. The molecule has 0 aliphatic rings. The quantitative estimate of drug-likeness (QED) is 0.718. The van der Waals surface area contributed by atoms with Gasteiger partial charge in [0.05, 0.1) is 23.3 Å². The molecule has 0 radical (unpaired) electrons. The van der Waals surface area contributed by atoms with Gasteiger partial charge in [-0.3, -0.25) is 9.48 Å². The van der Waals surface area contributed by atoms with Crippen molar-refractivity contribution in [2.24, 2.45) is 0 Å². The molecule has 0 saturated carbocycles. The van der Waals surface area contributed by atoms with Crippen molar-refractivity contribution < 1.29 is 4.79 Å². The highest BCUT2D eigenvalue weighted by atomic mass is 35.5. The molecule has 0 aliphatic heterocycles. The van der Waals surface area contributed by atoms with Gasteiger partial charge in [0, 0.05) is 23.4 Å². The number of benzene rings is 2. The van der Waals surface area contributed by atoms with E-state index in [4.69, 9.17) is 23.2 Å². The molecule has 0 saturated heterocycles. The van der Waals surface area contributed by atoms with E-state index >= 15 is 0 Å². The van der Waals surface area contributed by atoms with Crippen LogP contribution in [-0.4, -0.2) is 22.2 Å². The normalized spacial score (nSPS) is 10.9. The van der Waals surface area contributed by atoms with Crippen LogP contribution in [0, 0.1) is 0 Å². The van der Waals surface area contributed by atoms with Gasteiger partial charge in [0.25, 0.3) is 0 Å². The smallest absolute Gasteiger partial charge is 0.221 e. The molecule has 1 N–H and O–H groups in total. The minimum Gasteiger partial charge on any atom is -0.356 e. The number of halogens is 2. The molecule has 4 nitrogen and oxygen atoms in total. The van der Waals surface area contributed by atoms with Crippen LogP contribution in [0.1, 0.15) is 12.0 Å². The van der Waals surface area contributed by atoms with E-state index in [-0.39, 0.29) is 5.91 Å². The zero-order valence-corrected chi connectivity index (χ0v) is 14.5. The largest absolute Gasteiger partial charge is 0.356 e. The summed E-state index contributed by atoms with van der Waals surface area (Å²) < 4.78 is 1.80. The number of fused-ring (bicyclic) bond motifs is 1. The predicted octanol–water partition coefficient (Wildman–Crippen LogP) is 4.09. The van der Waals surface area contributed by atoms with Crippen LogP contribution in [0.25, 0.3) is 10.9 Å². The molecule has 0 atom stereocenters. The lowest BCUT2D eigenvalue weighted by atomic mass is 10.1. The van der Waals surface area contributed by atoms with Gasteiger partial charge in [-0.1, -0.05) is 47.5 Å². The SMILES string of the molecule is O=C(CCn1ncc2c(Cl)cccc21)NCCc1ccccc1Cl. The van der Waals surface area contributed by atoms with Gasteiger partial charge in [0.1, 0.15) is 0 Å². The van der Waals surface area contributed by atoms with E-state index in [1.54, 1.807) is 10.9 Å². The fraction of sp³-hybridized carbons (Fsp3) is 0.222. The standard InChI is InChI=1S/C18H17Cl2N3O/c19-15-5-2-1-4-13(15)8-10-21-18(24)9-11-23-17-7-3-6-16(20)14(17)12-22-23/h1-7,12H,8-11H2,(H,21,24). The number of hydrogen-bond acceptors (Lipinski definition) is 2. The summed E-state index contributed by atoms with van der Waals surface area (Å²) in [5.41, 5.74) is 1.97. The predicted molar refractivity (Wildman–Crippen MR) is 97.5 cm³/mol. The Kier molecular flexibility index (Phi) is 5.38. The molecule has 0 aliphatic carbocycles. The number of carbonyl (C=O) groups excluding carboxylic acids is 1. The number of nitrogens with one attached hydrogen (secondary N) is 1. The summed E-state index contributed by atoms with van der Waals surface area (Å²) in [4.78, 5) is 12.0. The summed E-state index contributed by atoms with van der Waals surface area (Å²) >= 11 is 12.2. The van der Waals surface area contributed by atoms with Crippen LogP contribution in [0.3, 0.4) is 0 Å². The molecule has 0 fully saturated rings. The van der Waals surface area contributed by atoms with Crippen LogP contribution in [-0.2, 0) is 17.8 Å². The summed E-state index contributed by atoms with van der Waals surface area (Å²) in [6, 6.07) is 13.3. The summed E-state index contributed by atoms with van der Waals surface area (Å²) in [6.07, 6.45) is 2.81. The average Bonchev–Trinajstić information content (AvgIpc) is 2.99. The van der Waals surface area contributed by atoms with Crippen molar-refractivity contribution in [1.29, 1.82) is 0 Å². The van der Waals surface area contributed by atoms with E-state index in [1.165, 1.54) is 0 Å². The molecular weight excluding hydrogens is 345 g/mol. The molecule has 6 heteroatoms. The second kappa shape index (κ2) is 7.69. The average molecular weight is 362 g/mol. The Labute approximate surface area is 150 Å². The van der Waals surface area contributed by atoms with Gasteiger partial charge >= 0.3 is 0 Å². The van der Waals surface area contributed by atoms with Gasteiger partial charge in [-0.05, 0) is 30.2 Å². The minimum atomic E-state index is -0.00673. The van der Waals surface area contributed by atoms with Crippen LogP contribution in [0.5, 0.6) is 0 Å². The maximum Gasteiger partial charge on any atom is 0.221 e. The lowest BCUT2D eigenvalue weighted by molar-refractivity contribution is -0.121. The molecule has 1 aromatic heterocycles. The van der Waals surface area contributed by atoms with E-state index in [9.17, 15) is 4.79 Å². The molecule has 1 amide bonds. The van der Waals surface area contributed by atoms with Crippen molar-refractivity contribution in [3.8, 4) is 0 Å². The number of nitrogens with zero attached hydrogens (tertiary/aromatic N) is 2. The highest BCUT2D eigenvalue weighted by molar-refractivity contribution is 6.35. The number of hydrogen-bond donors (Lipinski definition) is 1. The Balaban J connectivity index is 1.50. The van der Waals surface area contributed by atoms with E-state index < -0.39 is 0 Å². The minimum absolute atomic E-state index is 0.00673. The lowest BCUT2D eigenvalue weighted by Crippen LogP contribution is -2.26. The van der Waals surface area contributed by atoms with Crippen molar-refractivity contribution in [2.75, 3.05) is 6.54 Å². The second-order valence-corrected chi connectivity index (χ2v) is 6.30. The Hall–Kier alpha value is -2.04. The highest BCUT2D eigenvalue weighted by Crippen LogP contribution is 2.22. The van der Waals surface area contributed by atoms with Gasteiger partial charge in [0.2, 0.25) is 5.91 Å². The molecule has 124 valence electrons. The molecule has 24 heavy (non-hydrogen) atoms. The van der Waals surface area contributed by atoms with Crippen molar-refractivity contribution in [1.82, 2.24) is 15.1 Å². The molecule has 0 bridgehead atoms. The first-order valence-electron chi connectivity index (χ1n) is 7.75. The third-order valence-electron chi connectivity index (χ3n) is 3.86. The van der Waals surface area contributed by atoms with Crippen molar-refractivity contribution >= 4 is 40.0 Å². The Morgan fingerprint density at radius 2 is 1.88 bits per heavy atom. The summed E-state index contributed by atoms with van der Waals surface area (Å²) in [7, 11) is 0. The summed E-state index contributed by atoms with van der Waals surface area (Å²) in [5, 5.41) is 9.52. The van der Waals surface area contributed by atoms with E-state index in [0.717, 1.165) is 21.5 Å². The van der Waals surface area contributed by atoms with Crippen molar-refractivity contribution in [2.45, 2.75) is 19.4 Å². The molecule has 0 unspecified atom stereocenters. The van der Waals surface area contributed by atoms with Crippen LogP contribution in [0.15, 0.2) is 48.7 Å². The topological polar surface area (TPSA) is 46.9 Å². The number of carbonyl (C=O) groups is 1. The summed E-state index contributed by atoms with van der Waals surface area (Å²) in [6.45, 7) is 1.08. The van der Waals surface area contributed by atoms with Gasteiger partial charge in [0.15, 0.2) is 0 Å². The maximum atomic E-state index is 12.0. The van der Waals surface area contributed by atoms with Crippen LogP contribution >= 0.6 is 23.2 Å². The lowest BCUT2D eigenvalue weighted by Gasteiger charge is -2.07. The van der Waals surface area contributed by atoms with Gasteiger partial charge < -0.3 is 5.32 Å². The molecule has 0 spiro atoms. The van der Waals surface area contributed by atoms with Crippen LogP contribution in [0.4, 0.5) is 0 Å². The second-order valence-electron chi connectivity index (χ2n) is 5.48. The van der Waals surface area contributed by atoms with Crippen molar-refractivity contribution in [3.63, 3.8) is 0 Å². The fourth-order valence-corrected chi connectivity index (χ4v) is 3.03. The van der Waals surface area contributed by atoms with E-state index in [1.807, 2.05) is 42.5 Å². The van der Waals surface area contributed by atoms with Crippen LogP contribution < -0.4 is 5.32 Å². The van der Waals surface area contributed by atoms with E-state index in [0.29, 0.717) is 31.0 Å². The highest BCUT2D eigenvalue weighted by Gasteiger charge is 2.08. The first-order valence-corrected chi connectivity index (χ1v) is 8.51. The Morgan fingerprint density at radius 3 is 2.71 bits per heavy atom.